The van der Waals surface area contributed by atoms with Gasteiger partial charge in [-0.3, -0.25) is 0 Å². The smallest absolute Gasteiger partial charge is 0.346 e. The molecule has 54 heavy (non-hydrogen) atoms. The van der Waals surface area contributed by atoms with Crippen LogP contribution in [-0.2, 0) is 42.9 Å². The summed E-state index contributed by atoms with van der Waals surface area (Å²) >= 11 is 0. The Hall–Kier alpha value is -3.68. The molecule has 0 saturated carbocycles. The van der Waals surface area contributed by atoms with Crippen molar-refractivity contribution in [3.8, 4) is 0 Å². The number of hydrogen-bond donors (Lipinski definition) is 3. The molecular weight excluding hydrogens is 696 g/mol. The summed E-state index contributed by atoms with van der Waals surface area (Å²) in [4.78, 5) is 49.7. The third-order valence-corrected chi connectivity index (χ3v) is 10.8. The molecule has 0 aliphatic carbocycles. The molecule has 3 N–H and O–H groups in total. The van der Waals surface area contributed by atoms with Gasteiger partial charge in [0.1, 0.15) is 18.3 Å². The molecule has 12 nitrogen and oxygen atoms in total. The third-order valence-electron chi connectivity index (χ3n) is 10.8. The fourth-order valence-corrected chi connectivity index (χ4v) is 7.53. The number of cyclic esters (lactones) is 3. The van der Waals surface area contributed by atoms with Gasteiger partial charge in [0.15, 0.2) is 5.79 Å². The lowest BCUT2D eigenvalue weighted by molar-refractivity contribution is -0.329. The Kier molecular flexibility index (Phi) is 15.9. The van der Waals surface area contributed by atoms with Gasteiger partial charge in [-0.25, -0.2) is 19.2 Å². The average Bonchev–Trinajstić information content (AvgIpc) is 3.43. The number of allylic oxidation sites excluding steroid dienone is 5. The van der Waals surface area contributed by atoms with Gasteiger partial charge in [-0.05, 0) is 51.2 Å². The first-order valence-corrected chi connectivity index (χ1v) is 18.8. The normalized spacial score (nSPS) is 37.1. The summed E-state index contributed by atoms with van der Waals surface area (Å²) in [5.41, 5.74) is 2.03. The Morgan fingerprint density at radius 1 is 1.02 bits per heavy atom. The van der Waals surface area contributed by atoms with Crippen LogP contribution in [0.3, 0.4) is 0 Å². The number of carbonyl (C=O) groups excluding carboxylic acids is 4. The molecule has 3 rings (SSSR count). The van der Waals surface area contributed by atoms with Crippen LogP contribution in [0.2, 0.25) is 0 Å². The quantitative estimate of drug-likeness (QED) is 0.121. The maximum atomic E-state index is 13.6. The zero-order valence-electron chi connectivity index (χ0n) is 33.5. The van der Waals surface area contributed by atoms with Gasteiger partial charge in [0.2, 0.25) is 0 Å². The number of methoxy groups -OCH3 is 1. The van der Waals surface area contributed by atoms with Crippen LogP contribution < -0.4 is 0 Å². The summed E-state index contributed by atoms with van der Waals surface area (Å²) in [6.45, 7) is 18.4. The lowest BCUT2D eigenvalue weighted by Crippen LogP contribution is -2.59. The van der Waals surface area contributed by atoms with Crippen LogP contribution in [0.1, 0.15) is 82.1 Å². The topological polar surface area (TPSA) is 175 Å². The minimum atomic E-state index is -1.98. The van der Waals surface area contributed by atoms with E-state index >= 15 is 0 Å². The van der Waals surface area contributed by atoms with Gasteiger partial charge in [-0.2, -0.15) is 0 Å². The van der Waals surface area contributed by atoms with Gasteiger partial charge in [0.25, 0.3) is 0 Å². The second-order valence-electron chi connectivity index (χ2n) is 15.7. The van der Waals surface area contributed by atoms with Gasteiger partial charge in [0.05, 0.1) is 23.9 Å². The van der Waals surface area contributed by atoms with Crippen molar-refractivity contribution in [1.29, 1.82) is 0 Å². The van der Waals surface area contributed by atoms with Crippen molar-refractivity contribution >= 4 is 23.9 Å². The van der Waals surface area contributed by atoms with Crippen molar-refractivity contribution in [2.45, 2.75) is 124 Å². The number of esters is 4. The Morgan fingerprint density at radius 2 is 1.69 bits per heavy atom. The summed E-state index contributed by atoms with van der Waals surface area (Å²) in [7, 11) is 1.48. The molecule has 3 aliphatic rings. The minimum absolute atomic E-state index is 0.0211. The van der Waals surface area contributed by atoms with E-state index in [1.165, 1.54) is 7.11 Å². The lowest BCUT2D eigenvalue weighted by Gasteiger charge is -2.50. The molecule has 0 amide bonds. The fourth-order valence-electron chi connectivity index (χ4n) is 7.53. The minimum Gasteiger partial charge on any atom is -0.459 e. The number of carbonyl (C=O) groups is 4. The molecule has 12 atom stereocenters. The molecular formula is C42H60O12. The van der Waals surface area contributed by atoms with E-state index in [0.29, 0.717) is 12.0 Å². The van der Waals surface area contributed by atoms with E-state index in [4.69, 9.17) is 18.9 Å². The molecule has 3 heterocycles. The second kappa shape index (κ2) is 19.3. The molecule has 0 bridgehead atoms. The van der Waals surface area contributed by atoms with Crippen LogP contribution >= 0.6 is 0 Å². The summed E-state index contributed by atoms with van der Waals surface area (Å²) in [6, 6.07) is 0. The molecule has 12 heteroatoms. The van der Waals surface area contributed by atoms with Crippen molar-refractivity contribution in [3.63, 3.8) is 0 Å². The molecule has 0 radical (unpaired) electrons. The van der Waals surface area contributed by atoms with Crippen LogP contribution in [0.4, 0.5) is 0 Å². The number of hydrogen-bond acceptors (Lipinski definition) is 12. The molecule has 3 aliphatic heterocycles. The summed E-state index contributed by atoms with van der Waals surface area (Å²) in [6.07, 6.45) is 7.52. The molecule has 0 aromatic heterocycles. The second-order valence-corrected chi connectivity index (χ2v) is 15.7. The van der Waals surface area contributed by atoms with Crippen molar-refractivity contribution in [2.75, 3.05) is 7.11 Å². The molecule has 0 aromatic carbocycles. The highest BCUT2D eigenvalue weighted by Gasteiger charge is 2.53. The van der Waals surface area contributed by atoms with Crippen molar-refractivity contribution in [1.82, 2.24) is 0 Å². The summed E-state index contributed by atoms with van der Waals surface area (Å²) in [5, 5.41) is 35.1. The molecule has 0 unspecified atom stereocenters. The highest BCUT2D eigenvalue weighted by atomic mass is 16.6. The number of aliphatic hydroxyl groups is 3. The standard InChI is InChI=1S/C42H60O12/c1-22(2)38-28(8)33(51-34(43)16-15-31-20-35(44)52-41(31)48)21-42(49,54-38)30(10)37(46)29(9)39-32(50-11)14-12-13-23(3)17-25(5)36(45)26(6)18-24(4)19-27(7)40(47)53-39/h12-16,18-20,22,25-26,28-30,32-33,36-39,45-46,49H,17,21H2,1-11H3/b14-12+,16-15+,23-13+,24-18+,27-19+/t25-,26+,28-,29-,30-,32-,33+,36-,37+,38+,39+,42+/m0/s1. The Morgan fingerprint density at radius 3 is 2.28 bits per heavy atom. The van der Waals surface area contributed by atoms with Gasteiger partial charge in [-0.1, -0.05) is 83.9 Å². The number of rotatable bonds is 9. The van der Waals surface area contributed by atoms with Crippen LogP contribution in [0, 0.1) is 35.5 Å². The summed E-state index contributed by atoms with van der Waals surface area (Å²) in [5.74, 6) is -7.57. The van der Waals surface area contributed by atoms with Crippen molar-refractivity contribution in [2.24, 2.45) is 35.5 Å². The average molecular weight is 757 g/mol. The van der Waals surface area contributed by atoms with Crippen molar-refractivity contribution in [3.05, 3.63) is 70.9 Å². The van der Waals surface area contributed by atoms with E-state index < -0.39 is 78.1 Å². The first kappa shape index (κ1) is 44.7. The fraction of sp³-hybridized carbons (Fsp3) is 0.619. The van der Waals surface area contributed by atoms with E-state index in [1.807, 2.05) is 60.6 Å². The molecule has 300 valence electrons. The highest BCUT2D eigenvalue weighted by Crippen LogP contribution is 2.42. The van der Waals surface area contributed by atoms with E-state index in [1.54, 1.807) is 39.0 Å². The zero-order valence-corrected chi connectivity index (χ0v) is 33.5. The van der Waals surface area contributed by atoms with Crippen LogP contribution in [0.15, 0.2) is 70.9 Å². The maximum absolute atomic E-state index is 13.6. The predicted octanol–water partition coefficient (Wildman–Crippen LogP) is 5.23. The highest BCUT2D eigenvalue weighted by molar-refractivity contribution is 6.11. The lowest BCUT2D eigenvalue weighted by atomic mass is 9.76. The van der Waals surface area contributed by atoms with E-state index in [-0.39, 0.29) is 35.7 Å². The molecule has 0 aromatic rings. The first-order chi connectivity index (χ1) is 25.2. The van der Waals surface area contributed by atoms with Gasteiger partial charge in [0, 0.05) is 54.9 Å². The monoisotopic (exact) mass is 756 g/mol. The van der Waals surface area contributed by atoms with Crippen LogP contribution in [0.5, 0.6) is 0 Å². The van der Waals surface area contributed by atoms with Gasteiger partial charge >= 0.3 is 23.9 Å². The Balaban J connectivity index is 1.94. The third kappa shape index (κ3) is 11.4. The summed E-state index contributed by atoms with van der Waals surface area (Å²) < 4.78 is 28.5. The van der Waals surface area contributed by atoms with Crippen LogP contribution in [-0.4, -0.2) is 88.7 Å². The molecule has 1 fully saturated rings. The zero-order chi connectivity index (χ0) is 40.7. The maximum Gasteiger partial charge on any atom is 0.346 e. The van der Waals surface area contributed by atoms with Crippen molar-refractivity contribution < 1.29 is 58.2 Å². The number of ether oxygens (including phenoxy) is 5. The van der Waals surface area contributed by atoms with E-state index in [2.05, 4.69) is 4.74 Å². The molecule has 0 spiro atoms. The van der Waals surface area contributed by atoms with E-state index in [0.717, 1.165) is 29.4 Å². The molecule has 1 saturated heterocycles. The Bertz CT molecular complexity index is 1570. The van der Waals surface area contributed by atoms with Gasteiger partial charge < -0.3 is 39.0 Å². The predicted molar refractivity (Wildman–Crippen MR) is 201 cm³/mol. The number of aliphatic hydroxyl groups excluding tert-OH is 2. The Labute approximate surface area is 319 Å². The SMILES string of the molecule is CO[C@H]1/C=C/C=C(\C)C[C@H](C)[C@H](O)[C@H](C)/C=C(C)/C=C(\C)C(=O)O[C@@H]1[C@@H](C)[C@@H](O)[C@H](C)[C@@]1(O)C[C@@H](OC(=O)/C=C/C2=CC(=O)OC2=O)[C@H](C)[C@@H](C(C)C)O1. The van der Waals surface area contributed by atoms with E-state index in [9.17, 15) is 34.5 Å². The van der Waals surface area contributed by atoms with Crippen LogP contribution in [0.25, 0.3) is 0 Å². The first-order valence-electron chi connectivity index (χ1n) is 18.8. The van der Waals surface area contributed by atoms with Gasteiger partial charge in [-0.15, -0.1) is 0 Å². The largest absolute Gasteiger partial charge is 0.459 e.